The van der Waals surface area contributed by atoms with Crippen LogP contribution < -0.4 is 23.7 Å². The quantitative estimate of drug-likeness (QED) is 0.522. The number of hydrogen-bond donors (Lipinski definition) is 0. The van der Waals surface area contributed by atoms with Crippen LogP contribution in [0.4, 0.5) is 0 Å². The standard InChI is InChI=1S/C29H36N2O7/c1-34-19-15-18-11-12-30-27(26(18)22(16-19)35-2)20-7-6-8-21(29(30)33)31(20)25(32)10-9-17-13-23(36-3)28(38-5)24(14-17)37-4/h13-16,20-21,27H,6-12H2,1-5H3. The van der Waals surface area contributed by atoms with Gasteiger partial charge in [-0.3, -0.25) is 9.59 Å². The van der Waals surface area contributed by atoms with Crippen molar-refractivity contribution in [2.75, 3.05) is 42.1 Å². The van der Waals surface area contributed by atoms with Gasteiger partial charge < -0.3 is 33.5 Å². The van der Waals surface area contributed by atoms with E-state index in [1.54, 1.807) is 35.5 Å². The summed E-state index contributed by atoms with van der Waals surface area (Å²) in [6.45, 7) is 0.632. The van der Waals surface area contributed by atoms with E-state index in [2.05, 4.69) is 0 Å². The molecule has 0 aromatic heterocycles. The second kappa shape index (κ2) is 10.6. The van der Waals surface area contributed by atoms with Crippen molar-refractivity contribution >= 4 is 11.8 Å². The first-order valence-corrected chi connectivity index (χ1v) is 13.1. The number of piperazine rings is 1. The number of piperidine rings is 1. The van der Waals surface area contributed by atoms with E-state index in [-0.39, 0.29) is 30.3 Å². The van der Waals surface area contributed by atoms with E-state index in [1.165, 1.54) is 0 Å². The van der Waals surface area contributed by atoms with Gasteiger partial charge in [-0.2, -0.15) is 0 Å². The van der Waals surface area contributed by atoms with E-state index in [1.807, 2.05) is 34.1 Å². The molecule has 2 aromatic carbocycles. The van der Waals surface area contributed by atoms with Gasteiger partial charge in [0, 0.05) is 24.6 Å². The fraction of sp³-hybridized carbons (Fsp3) is 0.517. The smallest absolute Gasteiger partial charge is 0.245 e. The molecular formula is C29H36N2O7. The lowest BCUT2D eigenvalue weighted by Gasteiger charge is -2.55. The summed E-state index contributed by atoms with van der Waals surface area (Å²) in [6, 6.07) is 6.91. The van der Waals surface area contributed by atoms with E-state index in [0.717, 1.165) is 41.7 Å². The largest absolute Gasteiger partial charge is 0.497 e. The maximum absolute atomic E-state index is 13.8. The number of amides is 2. The molecule has 9 heteroatoms. The summed E-state index contributed by atoms with van der Waals surface area (Å²) < 4.78 is 27.7. The molecule has 9 nitrogen and oxygen atoms in total. The molecule has 3 heterocycles. The van der Waals surface area contributed by atoms with Crippen LogP contribution in [-0.2, 0) is 22.4 Å². The van der Waals surface area contributed by atoms with Crippen LogP contribution in [0.15, 0.2) is 24.3 Å². The van der Waals surface area contributed by atoms with Crippen LogP contribution in [0.2, 0.25) is 0 Å². The molecule has 2 saturated heterocycles. The predicted molar refractivity (Wildman–Crippen MR) is 140 cm³/mol. The Kier molecular flexibility index (Phi) is 7.27. The van der Waals surface area contributed by atoms with Crippen molar-refractivity contribution in [3.05, 3.63) is 41.0 Å². The number of nitrogens with zero attached hydrogens (tertiary/aromatic N) is 2. The van der Waals surface area contributed by atoms with Crippen LogP contribution in [0.1, 0.15) is 48.4 Å². The van der Waals surface area contributed by atoms with Gasteiger partial charge >= 0.3 is 0 Å². The van der Waals surface area contributed by atoms with E-state index < -0.39 is 6.04 Å². The van der Waals surface area contributed by atoms with E-state index in [0.29, 0.717) is 42.4 Å². The number of carbonyl (C=O) groups is 2. The minimum Gasteiger partial charge on any atom is -0.497 e. The average molecular weight is 525 g/mol. The number of benzene rings is 2. The predicted octanol–water partition coefficient (Wildman–Crippen LogP) is 3.55. The Morgan fingerprint density at radius 2 is 1.61 bits per heavy atom. The van der Waals surface area contributed by atoms with E-state index in [9.17, 15) is 9.59 Å². The molecule has 2 amide bonds. The molecule has 0 radical (unpaired) electrons. The summed E-state index contributed by atoms with van der Waals surface area (Å²) in [7, 11) is 7.99. The van der Waals surface area contributed by atoms with Crippen LogP contribution in [-0.4, -0.2) is 75.8 Å². The fourth-order valence-corrected chi connectivity index (χ4v) is 6.46. The van der Waals surface area contributed by atoms with Gasteiger partial charge in [0.05, 0.1) is 47.6 Å². The Balaban J connectivity index is 1.45. The third-order valence-corrected chi connectivity index (χ3v) is 8.15. The van der Waals surface area contributed by atoms with Gasteiger partial charge in [-0.1, -0.05) is 0 Å². The normalized spacial score (nSPS) is 21.8. The van der Waals surface area contributed by atoms with Crippen LogP contribution in [0, 0.1) is 0 Å². The maximum atomic E-state index is 13.8. The summed E-state index contributed by atoms with van der Waals surface area (Å²) in [5.41, 5.74) is 3.02. The highest BCUT2D eigenvalue weighted by Gasteiger charge is 2.53. The second-order valence-electron chi connectivity index (χ2n) is 9.98. The van der Waals surface area contributed by atoms with E-state index >= 15 is 0 Å². The maximum Gasteiger partial charge on any atom is 0.245 e. The number of aryl methyl sites for hydroxylation is 1. The number of methoxy groups -OCH3 is 5. The summed E-state index contributed by atoms with van der Waals surface area (Å²) >= 11 is 0. The van der Waals surface area contributed by atoms with Gasteiger partial charge in [-0.05, 0) is 61.4 Å². The lowest BCUT2D eigenvalue weighted by Crippen LogP contribution is -2.67. The highest BCUT2D eigenvalue weighted by molar-refractivity contribution is 5.90. The van der Waals surface area contributed by atoms with Crippen molar-refractivity contribution in [3.63, 3.8) is 0 Å². The molecule has 3 aliphatic heterocycles. The molecule has 3 unspecified atom stereocenters. The van der Waals surface area contributed by atoms with Crippen LogP contribution in [0.3, 0.4) is 0 Å². The fourth-order valence-electron chi connectivity index (χ4n) is 6.46. The highest BCUT2D eigenvalue weighted by atomic mass is 16.5. The van der Waals surface area contributed by atoms with Gasteiger partial charge in [-0.25, -0.2) is 0 Å². The zero-order chi connectivity index (χ0) is 27.0. The van der Waals surface area contributed by atoms with Gasteiger partial charge in [0.2, 0.25) is 17.6 Å². The third kappa shape index (κ3) is 4.27. The lowest BCUT2D eigenvalue weighted by molar-refractivity contribution is -0.166. The van der Waals surface area contributed by atoms with Gasteiger partial charge in [0.1, 0.15) is 17.5 Å². The summed E-state index contributed by atoms with van der Waals surface area (Å²) in [5, 5.41) is 0. The SMILES string of the molecule is COc1cc2c(c(OC)c1)C1C3CCCC(C(=O)N1CC2)N3C(=O)CCc1cc(OC)c(OC)c(OC)c1. The Morgan fingerprint density at radius 1 is 0.895 bits per heavy atom. The number of hydrogen-bond acceptors (Lipinski definition) is 7. The Hall–Kier alpha value is -3.62. The number of ether oxygens (including phenoxy) is 5. The molecule has 2 bridgehead atoms. The molecule has 0 spiro atoms. The van der Waals surface area contributed by atoms with Crippen molar-refractivity contribution in [1.29, 1.82) is 0 Å². The van der Waals surface area contributed by atoms with Crippen molar-refractivity contribution in [3.8, 4) is 28.7 Å². The average Bonchev–Trinajstić information content (AvgIpc) is 2.96. The van der Waals surface area contributed by atoms with Crippen molar-refractivity contribution in [2.45, 2.75) is 56.7 Å². The Bertz CT molecular complexity index is 1190. The van der Waals surface area contributed by atoms with Crippen LogP contribution in [0.5, 0.6) is 28.7 Å². The zero-order valence-corrected chi connectivity index (χ0v) is 22.7. The van der Waals surface area contributed by atoms with Crippen molar-refractivity contribution in [2.24, 2.45) is 0 Å². The molecular weight excluding hydrogens is 488 g/mol. The first-order valence-electron chi connectivity index (χ1n) is 13.1. The Morgan fingerprint density at radius 3 is 2.24 bits per heavy atom. The molecule has 3 atom stereocenters. The lowest BCUT2D eigenvalue weighted by atomic mass is 9.78. The van der Waals surface area contributed by atoms with Crippen LogP contribution >= 0.6 is 0 Å². The second-order valence-corrected chi connectivity index (χ2v) is 9.98. The highest BCUT2D eigenvalue weighted by Crippen LogP contribution is 2.48. The summed E-state index contributed by atoms with van der Waals surface area (Å²) in [5.74, 6) is 3.08. The zero-order valence-electron chi connectivity index (χ0n) is 22.7. The summed E-state index contributed by atoms with van der Waals surface area (Å²) in [6.07, 6.45) is 3.95. The first-order chi connectivity index (χ1) is 18.4. The molecule has 0 aliphatic carbocycles. The molecule has 5 rings (SSSR count). The summed E-state index contributed by atoms with van der Waals surface area (Å²) in [4.78, 5) is 31.4. The minimum absolute atomic E-state index is 0.0129. The molecule has 0 saturated carbocycles. The van der Waals surface area contributed by atoms with Crippen LogP contribution in [0.25, 0.3) is 0 Å². The van der Waals surface area contributed by atoms with Gasteiger partial charge in [0.25, 0.3) is 0 Å². The molecule has 0 N–H and O–H groups in total. The molecule has 2 fully saturated rings. The molecule has 3 aliphatic rings. The number of carbonyl (C=O) groups excluding carboxylic acids is 2. The number of rotatable bonds is 8. The third-order valence-electron chi connectivity index (χ3n) is 8.15. The first kappa shape index (κ1) is 26.0. The van der Waals surface area contributed by atoms with Crippen molar-refractivity contribution in [1.82, 2.24) is 9.80 Å². The molecule has 204 valence electrons. The van der Waals surface area contributed by atoms with Gasteiger partial charge in [-0.15, -0.1) is 0 Å². The topological polar surface area (TPSA) is 86.8 Å². The van der Waals surface area contributed by atoms with E-state index in [4.69, 9.17) is 23.7 Å². The molecule has 38 heavy (non-hydrogen) atoms. The van der Waals surface area contributed by atoms with Gasteiger partial charge in [0.15, 0.2) is 11.5 Å². The minimum atomic E-state index is -0.414. The Labute approximate surface area is 223 Å². The van der Waals surface area contributed by atoms with Crippen molar-refractivity contribution < 1.29 is 33.3 Å². The number of fused-ring (bicyclic) bond motifs is 6. The molecule has 2 aromatic rings. The monoisotopic (exact) mass is 524 g/mol.